The summed E-state index contributed by atoms with van der Waals surface area (Å²) in [5.41, 5.74) is 1.17. The summed E-state index contributed by atoms with van der Waals surface area (Å²) in [6.45, 7) is 4.21. The van der Waals surface area contributed by atoms with E-state index in [0.717, 1.165) is 23.3 Å². The number of rotatable bonds is 6. The normalized spacial score (nSPS) is 15.9. The Morgan fingerprint density at radius 3 is 2.33 bits per heavy atom. The zero-order chi connectivity index (χ0) is 15.5. The molecule has 0 saturated heterocycles. The summed E-state index contributed by atoms with van der Waals surface area (Å²) in [7, 11) is 0. The first-order valence-corrected chi connectivity index (χ1v) is 7.17. The summed E-state index contributed by atoms with van der Waals surface area (Å²) in [5.74, 6) is -0.490. The van der Waals surface area contributed by atoms with Gasteiger partial charge in [-0.25, -0.2) is 4.79 Å². The highest BCUT2D eigenvalue weighted by Gasteiger charge is 2.45. The predicted octanol–water partition coefficient (Wildman–Crippen LogP) is 2.20. The van der Waals surface area contributed by atoms with Crippen LogP contribution in [0.3, 0.4) is 0 Å². The van der Waals surface area contributed by atoms with Gasteiger partial charge in [-0.2, -0.15) is 0 Å². The molecule has 1 aliphatic carbocycles. The monoisotopic (exact) mass is 291 g/mol. The van der Waals surface area contributed by atoms with E-state index in [0.29, 0.717) is 12.8 Å². The van der Waals surface area contributed by atoms with Crippen LogP contribution in [0, 0.1) is 13.8 Å². The lowest BCUT2D eigenvalue weighted by atomic mass is 9.76. The third-order valence-corrected chi connectivity index (χ3v) is 3.79. The Labute approximate surface area is 124 Å². The Morgan fingerprint density at radius 1 is 1.24 bits per heavy atom. The number of hydrogen-bond acceptors (Lipinski definition) is 3. The minimum atomic E-state index is -1.04. The van der Waals surface area contributed by atoms with Crippen molar-refractivity contribution in [3.63, 3.8) is 0 Å². The maximum absolute atomic E-state index is 11.8. The molecule has 0 atom stereocenters. The largest absolute Gasteiger partial charge is 0.493 e. The lowest BCUT2D eigenvalue weighted by molar-refractivity contribution is -0.151. The quantitative estimate of drug-likeness (QED) is 0.842. The first kappa shape index (κ1) is 15.4. The van der Waals surface area contributed by atoms with Crippen LogP contribution in [0.5, 0.6) is 5.75 Å². The lowest BCUT2D eigenvalue weighted by Gasteiger charge is -2.38. The Kier molecular flexibility index (Phi) is 4.50. The number of carboxylic acid groups (broad SMARTS) is 1. The van der Waals surface area contributed by atoms with Crippen LogP contribution < -0.4 is 10.1 Å². The van der Waals surface area contributed by atoms with E-state index in [4.69, 9.17) is 9.84 Å². The van der Waals surface area contributed by atoms with Crippen molar-refractivity contribution in [2.75, 3.05) is 6.61 Å². The van der Waals surface area contributed by atoms with Crippen molar-refractivity contribution in [3.05, 3.63) is 29.3 Å². The minimum Gasteiger partial charge on any atom is -0.493 e. The van der Waals surface area contributed by atoms with E-state index in [9.17, 15) is 9.59 Å². The van der Waals surface area contributed by atoms with Gasteiger partial charge in [-0.3, -0.25) is 4.79 Å². The van der Waals surface area contributed by atoms with E-state index in [1.54, 1.807) is 0 Å². The number of aryl methyl sites for hydroxylation is 2. The number of carboxylic acids is 1. The van der Waals surface area contributed by atoms with Gasteiger partial charge in [0.05, 0.1) is 13.0 Å². The topological polar surface area (TPSA) is 75.6 Å². The molecular weight excluding hydrogens is 270 g/mol. The van der Waals surface area contributed by atoms with Crippen molar-refractivity contribution < 1.29 is 19.4 Å². The van der Waals surface area contributed by atoms with E-state index < -0.39 is 11.5 Å². The van der Waals surface area contributed by atoms with Gasteiger partial charge >= 0.3 is 5.97 Å². The van der Waals surface area contributed by atoms with E-state index >= 15 is 0 Å². The predicted molar refractivity (Wildman–Crippen MR) is 78.4 cm³/mol. The van der Waals surface area contributed by atoms with Crippen LogP contribution in [0.1, 0.15) is 36.8 Å². The minimum absolute atomic E-state index is 0.155. The summed E-state index contributed by atoms with van der Waals surface area (Å²) in [4.78, 5) is 23.0. The van der Waals surface area contributed by atoms with Gasteiger partial charge in [0.2, 0.25) is 5.91 Å². The molecule has 2 N–H and O–H groups in total. The molecule has 1 amide bonds. The van der Waals surface area contributed by atoms with Gasteiger partial charge in [0, 0.05) is 0 Å². The van der Waals surface area contributed by atoms with E-state index in [1.165, 1.54) is 0 Å². The second-order valence-electron chi connectivity index (χ2n) is 5.71. The number of hydrogen-bond donors (Lipinski definition) is 2. The Morgan fingerprint density at radius 2 is 1.86 bits per heavy atom. The average Bonchev–Trinajstić information content (AvgIpc) is 2.32. The highest BCUT2D eigenvalue weighted by atomic mass is 16.5. The number of aliphatic carboxylic acids is 1. The molecule has 0 spiro atoms. The van der Waals surface area contributed by atoms with Gasteiger partial charge in [0.15, 0.2) is 0 Å². The van der Waals surface area contributed by atoms with Crippen molar-refractivity contribution in [3.8, 4) is 5.75 Å². The van der Waals surface area contributed by atoms with Crippen molar-refractivity contribution in [2.24, 2.45) is 0 Å². The highest BCUT2D eigenvalue weighted by Crippen LogP contribution is 2.32. The fraction of sp³-hybridized carbons (Fsp3) is 0.500. The molecule has 1 aliphatic rings. The molecule has 21 heavy (non-hydrogen) atoms. The molecule has 0 unspecified atom stereocenters. The van der Waals surface area contributed by atoms with E-state index in [2.05, 4.69) is 5.32 Å². The van der Waals surface area contributed by atoms with Gasteiger partial charge in [-0.1, -0.05) is 6.07 Å². The Balaban J connectivity index is 1.80. The smallest absolute Gasteiger partial charge is 0.329 e. The average molecular weight is 291 g/mol. The summed E-state index contributed by atoms with van der Waals surface area (Å²) < 4.78 is 5.56. The highest BCUT2D eigenvalue weighted by molar-refractivity contribution is 5.87. The van der Waals surface area contributed by atoms with E-state index in [1.807, 2.05) is 32.0 Å². The zero-order valence-corrected chi connectivity index (χ0v) is 12.4. The first-order chi connectivity index (χ1) is 9.91. The SMILES string of the molecule is Cc1cc(C)cc(OCCC(=O)NC2(C(=O)O)CCC2)c1. The number of carbonyl (C=O) groups is 2. The molecule has 1 aromatic rings. The van der Waals surface area contributed by atoms with Crippen LogP contribution in [0.4, 0.5) is 0 Å². The van der Waals surface area contributed by atoms with Crippen molar-refractivity contribution in [2.45, 2.75) is 45.1 Å². The Bertz CT molecular complexity index is 529. The summed E-state index contributed by atoms with van der Waals surface area (Å²) >= 11 is 0. The lowest BCUT2D eigenvalue weighted by Crippen LogP contribution is -2.59. The standard InChI is InChI=1S/C16H21NO4/c1-11-8-12(2)10-13(9-11)21-7-4-14(18)17-16(15(19)20)5-3-6-16/h8-10H,3-7H2,1-2H3,(H,17,18)(H,19,20). The van der Waals surface area contributed by atoms with Crippen LogP contribution >= 0.6 is 0 Å². The molecule has 1 aromatic carbocycles. The molecule has 1 fully saturated rings. The second-order valence-corrected chi connectivity index (χ2v) is 5.71. The molecule has 0 aromatic heterocycles. The van der Waals surface area contributed by atoms with Gasteiger partial charge in [-0.15, -0.1) is 0 Å². The van der Waals surface area contributed by atoms with Crippen LogP contribution in [0.25, 0.3) is 0 Å². The molecule has 0 heterocycles. The summed E-state index contributed by atoms with van der Waals surface area (Å²) in [6.07, 6.45) is 2.01. The number of ether oxygens (including phenoxy) is 1. The third kappa shape index (κ3) is 3.74. The van der Waals surface area contributed by atoms with Crippen LogP contribution in [-0.4, -0.2) is 29.1 Å². The maximum atomic E-state index is 11.8. The number of nitrogens with one attached hydrogen (secondary N) is 1. The molecule has 5 heteroatoms. The Hall–Kier alpha value is -2.04. The number of carbonyl (C=O) groups excluding carboxylic acids is 1. The van der Waals surface area contributed by atoms with Gasteiger partial charge in [0.1, 0.15) is 11.3 Å². The molecule has 114 valence electrons. The maximum Gasteiger partial charge on any atom is 0.329 e. The summed E-state index contributed by atoms with van der Waals surface area (Å²) in [6, 6.07) is 5.87. The van der Waals surface area contributed by atoms with Crippen LogP contribution in [0.15, 0.2) is 18.2 Å². The van der Waals surface area contributed by atoms with Crippen LogP contribution in [0.2, 0.25) is 0 Å². The van der Waals surface area contributed by atoms with Crippen molar-refractivity contribution >= 4 is 11.9 Å². The van der Waals surface area contributed by atoms with E-state index in [-0.39, 0.29) is 18.9 Å². The second kappa shape index (κ2) is 6.16. The molecular formula is C16H21NO4. The third-order valence-electron chi connectivity index (χ3n) is 3.79. The molecule has 2 rings (SSSR count). The fourth-order valence-corrected chi connectivity index (χ4v) is 2.53. The number of amides is 1. The molecule has 1 saturated carbocycles. The fourth-order valence-electron chi connectivity index (χ4n) is 2.53. The molecule has 0 bridgehead atoms. The van der Waals surface area contributed by atoms with Crippen LogP contribution in [-0.2, 0) is 9.59 Å². The van der Waals surface area contributed by atoms with Crippen molar-refractivity contribution in [1.82, 2.24) is 5.32 Å². The van der Waals surface area contributed by atoms with Gasteiger partial charge < -0.3 is 15.2 Å². The molecule has 5 nitrogen and oxygen atoms in total. The first-order valence-electron chi connectivity index (χ1n) is 7.17. The summed E-state index contributed by atoms with van der Waals surface area (Å²) in [5, 5.41) is 11.8. The zero-order valence-electron chi connectivity index (χ0n) is 12.4. The number of benzene rings is 1. The molecule has 0 aliphatic heterocycles. The molecule has 0 radical (unpaired) electrons. The van der Waals surface area contributed by atoms with Gasteiger partial charge in [0.25, 0.3) is 0 Å². The van der Waals surface area contributed by atoms with Crippen molar-refractivity contribution in [1.29, 1.82) is 0 Å². The van der Waals surface area contributed by atoms with Gasteiger partial charge in [-0.05, 0) is 56.4 Å².